The molecule has 1 saturated heterocycles. The van der Waals surface area contributed by atoms with Crippen LogP contribution in [0, 0.1) is 23.6 Å². The van der Waals surface area contributed by atoms with E-state index < -0.39 is 5.82 Å². The van der Waals surface area contributed by atoms with E-state index in [1.165, 1.54) is 12.1 Å². The van der Waals surface area contributed by atoms with Crippen LogP contribution in [0.3, 0.4) is 0 Å². The first kappa shape index (κ1) is 12.1. The summed E-state index contributed by atoms with van der Waals surface area (Å²) in [6.07, 6.45) is 1.49. The van der Waals surface area contributed by atoms with Gasteiger partial charge in [-0.2, -0.15) is 0 Å². The molecule has 3 rings (SSSR count). The minimum absolute atomic E-state index is 0.120. The van der Waals surface area contributed by atoms with Gasteiger partial charge in [0.15, 0.2) is 0 Å². The molecule has 1 aliphatic heterocycles. The largest absolute Gasteiger partial charge is 0.397 e. The minimum Gasteiger partial charge on any atom is -0.397 e. The number of hydrogen-bond donors (Lipinski definition) is 1. The first-order valence-electron chi connectivity index (χ1n) is 6.42. The van der Waals surface area contributed by atoms with E-state index >= 15 is 0 Å². The molecule has 2 amide bonds. The number of nitrogens with zero attached hydrogens (tertiary/aromatic N) is 1. The van der Waals surface area contributed by atoms with Crippen molar-refractivity contribution in [2.75, 3.05) is 10.6 Å². The van der Waals surface area contributed by atoms with Gasteiger partial charge in [-0.05, 0) is 37.0 Å². The molecule has 1 aromatic rings. The van der Waals surface area contributed by atoms with E-state index in [2.05, 4.69) is 6.92 Å². The molecule has 2 N–H and O–H groups in total. The quantitative estimate of drug-likeness (QED) is 0.621. The summed E-state index contributed by atoms with van der Waals surface area (Å²) in [6, 6.07) is 3.74. The molecule has 4 nitrogen and oxygen atoms in total. The number of nitrogens with two attached hydrogens (primary N) is 1. The van der Waals surface area contributed by atoms with Crippen molar-refractivity contribution in [3.63, 3.8) is 0 Å². The zero-order chi connectivity index (χ0) is 13.7. The summed E-state index contributed by atoms with van der Waals surface area (Å²) in [5.41, 5.74) is 6.14. The van der Waals surface area contributed by atoms with E-state index in [1.54, 1.807) is 0 Å². The zero-order valence-electron chi connectivity index (χ0n) is 10.6. The van der Waals surface area contributed by atoms with Gasteiger partial charge >= 0.3 is 0 Å². The SMILES string of the molecule is CC1CC2C(=O)N(c3ccc(F)cc3N)C(=O)C2C1. The lowest BCUT2D eigenvalue weighted by molar-refractivity contribution is -0.123. The third-order valence-electron chi connectivity index (χ3n) is 4.10. The molecular formula is C14H15FN2O2. The molecule has 2 unspecified atom stereocenters. The number of imide groups is 1. The zero-order valence-corrected chi connectivity index (χ0v) is 10.6. The fourth-order valence-electron chi connectivity index (χ4n) is 3.24. The molecule has 5 heteroatoms. The maximum Gasteiger partial charge on any atom is 0.237 e. The predicted octanol–water partition coefficient (Wildman–Crippen LogP) is 1.94. The number of carbonyl (C=O) groups excluding carboxylic acids is 2. The summed E-state index contributed by atoms with van der Waals surface area (Å²) >= 11 is 0. The number of rotatable bonds is 1. The van der Waals surface area contributed by atoms with Crippen molar-refractivity contribution in [2.45, 2.75) is 19.8 Å². The lowest BCUT2D eigenvalue weighted by Crippen LogP contribution is -2.32. The third kappa shape index (κ3) is 1.72. The fraction of sp³-hybridized carbons (Fsp3) is 0.429. The van der Waals surface area contributed by atoms with Gasteiger partial charge in [0, 0.05) is 0 Å². The van der Waals surface area contributed by atoms with E-state index in [-0.39, 0.29) is 29.3 Å². The van der Waals surface area contributed by atoms with Gasteiger partial charge in [0.1, 0.15) is 5.82 Å². The summed E-state index contributed by atoms with van der Waals surface area (Å²) in [5, 5.41) is 0. The molecule has 2 fully saturated rings. The summed E-state index contributed by atoms with van der Waals surface area (Å²) in [4.78, 5) is 25.8. The van der Waals surface area contributed by atoms with Crippen molar-refractivity contribution in [3.05, 3.63) is 24.0 Å². The van der Waals surface area contributed by atoms with Crippen molar-refractivity contribution < 1.29 is 14.0 Å². The van der Waals surface area contributed by atoms with Crippen LogP contribution in [0.15, 0.2) is 18.2 Å². The van der Waals surface area contributed by atoms with Gasteiger partial charge in [0.2, 0.25) is 11.8 Å². The van der Waals surface area contributed by atoms with E-state index in [4.69, 9.17) is 5.73 Å². The summed E-state index contributed by atoms with van der Waals surface area (Å²) < 4.78 is 13.0. The van der Waals surface area contributed by atoms with Crippen molar-refractivity contribution in [2.24, 2.45) is 17.8 Å². The van der Waals surface area contributed by atoms with Gasteiger partial charge < -0.3 is 5.73 Å². The highest BCUT2D eigenvalue weighted by Gasteiger charge is 2.52. The molecule has 0 spiro atoms. The van der Waals surface area contributed by atoms with Crippen LogP contribution in [-0.4, -0.2) is 11.8 Å². The molecule has 1 aromatic carbocycles. The Balaban J connectivity index is 1.99. The number of amides is 2. The topological polar surface area (TPSA) is 63.4 Å². The fourth-order valence-corrected chi connectivity index (χ4v) is 3.24. The first-order valence-corrected chi connectivity index (χ1v) is 6.42. The van der Waals surface area contributed by atoms with Gasteiger partial charge in [-0.3, -0.25) is 9.59 Å². The number of nitrogen functional groups attached to an aromatic ring is 1. The Bertz CT molecular complexity index is 549. The highest BCUT2D eigenvalue weighted by Crippen LogP contribution is 2.45. The van der Waals surface area contributed by atoms with Crippen LogP contribution in [0.1, 0.15) is 19.8 Å². The summed E-state index contributed by atoms with van der Waals surface area (Å²) in [5.74, 6) is -0.931. The Morgan fingerprint density at radius 1 is 1.21 bits per heavy atom. The molecule has 2 atom stereocenters. The van der Waals surface area contributed by atoms with Crippen molar-refractivity contribution in [1.82, 2.24) is 0 Å². The molecule has 19 heavy (non-hydrogen) atoms. The number of anilines is 2. The average molecular weight is 262 g/mol. The molecule has 0 radical (unpaired) electrons. The van der Waals surface area contributed by atoms with Crippen LogP contribution in [0.5, 0.6) is 0 Å². The maximum atomic E-state index is 13.0. The summed E-state index contributed by atoms with van der Waals surface area (Å²) in [7, 11) is 0. The van der Waals surface area contributed by atoms with E-state index in [9.17, 15) is 14.0 Å². The number of halogens is 1. The molecular weight excluding hydrogens is 247 g/mol. The number of fused-ring (bicyclic) bond motifs is 1. The van der Waals surface area contributed by atoms with Crippen molar-refractivity contribution in [1.29, 1.82) is 0 Å². The smallest absolute Gasteiger partial charge is 0.237 e. The second kappa shape index (κ2) is 4.05. The van der Waals surface area contributed by atoms with E-state index in [1.807, 2.05) is 0 Å². The highest BCUT2D eigenvalue weighted by molar-refractivity contribution is 6.23. The highest BCUT2D eigenvalue weighted by atomic mass is 19.1. The van der Waals surface area contributed by atoms with Crippen LogP contribution in [0.25, 0.3) is 0 Å². The Morgan fingerprint density at radius 2 is 1.79 bits per heavy atom. The Labute approximate surface area is 110 Å². The number of hydrogen-bond acceptors (Lipinski definition) is 3. The molecule has 2 aliphatic rings. The Hall–Kier alpha value is -1.91. The van der Waals surface area contributed by atoms with Gasteiger partial charge in [-0.15, -0.1) is 0 Å². The number of benzene rings is 1. The van der Waals surface area contributed by atoms with Crippen LogP contribution >= 0.6 is 0 Å². The second-order valence-corrected chi connectivity index (χ2v) is 5.50. The first-order chi connectivity index (χ1) is 8.99. The van der Waals surface area contributed by atoms with E-state index in [0.29, 0.717) is 11.6 Å². The van der Waals surface area contributed by atoms with Crippen LogP contribution in [-0.2, 0) is 9.59 Å². The minimum atomic E-state index is -0.478. The standard InChI is InChI=1S/C14H15FN2O2/c1-7-4-9-10(5-7)14(19)17(13(9)18)12-3-2-8(15)6-11(12)16/h2-3,6-7,9-10H,4-5,16H2,1H3. The second-order valence-electron chi connectivity index (χ2n) is 5.50. The van der Waals surface area contributed by atoms with Gasteiger partial charge in [-0.1, -0.05) is 6.92 Å². The number of carbonyl (C=O) groups is 2. The van der Waals surface area contributed by atoms with Gasteiger partial charge in [-0.25, -0.2) is 9.29 Å². The van der Waals surface area contributed by atoms with Crippen LogP contribution in [0.2, 0.25) is 0 Å². The predicted molar refractivity (Wildman–Crippen MR) is 68.7 cm³/mol. The lowest BCUT2D eigenvalue weighted by Gasteiger charge is -2.18. The molecule has 0 aromatic heterocycles. The molecule has 1 saturated carbocycles. The van der Waals surface area contributed by atoms with E-state index in [0.717, 1.165) is 23.8 Å². The summed E-state index contributed by atoms with van der Waals surface area (Å²) in [6.45, 7) is 2.05. The van der Waals surface area contributed by atoms with Gasteiger partial charge in [0.05, 0.1) is 23.2 Å². The average Bonchev–Trinajstić information content (AvgIpc) is 2.82. The monoisotopic (exact) mass is 262 g/mol. The van der Waals surface area contributed by atoms with Crippen molar-refractivity contribution in [3.8, 4) is 0 Å². The molecule has 100 valence electrons. The normalized spacial score (nSPS) is 30.0. The lowest BCUT2D eigenvalue weighted by atomic mass is 10.00. The Kier molecular flexibility index (Phi) is 2.59. The van der Waals surface area contributed by atoms with Crippen LogP contribution < -0.4 is 10.6 Å². The maximum absolute atomic E-state index is 13.0. The third-order valence-corrected chi connectivity index (χ3v) is 4.10. The van der Waals surface area contributed by atoms with Crippen molar-refractivity contribution >= 4 is 23.2 Å². The Morgan fingerprint density at radius 3 is 2.32 bits per heavy atom. The van der Waals surface area contributed by atoms with Gasteiger partial charge in [0.25, 0.3) is 0 Å². The molecule has 0 bridgehead atoms. The van der Waals surface area contributed by atoms with Crippen LogP contribution in [0.4, 0.5) is 15.8 Å². The molecule has 1 heterocycles. The molecule has 1 aliphatic carbocycles.